The second-order valence-corrected chi connectivity index (χ2v) is 6.32. The Kier molecular flexibility index (Phi) is 3.44. The molecule has 2 atom stereocenters. The van der Waals surface area contributed by atoms with Gasteiger partial charge in [-0.25, -0.2) is 4.98 Å². The van der Waals surface area contributed by atoms with E-state index < -0.39 is 0 Å². The number of fused-ring (bicyclic) bond motifs is 1. The van der Waals surface area contributed by atoms with Crippen molar-refractivity contribution in [3.63, 3.8) is 0 Å². The lowest BCUT2D eigenvalue weighted by atomic mass is 9.77. The minimum absolute atomic E-state index is 0.505. The molecule has 1 fully saturated rings. The molecule has 0 spiro atoms. The van der Waals surface area contributed by atoms with Crippen LogP contribution in [0.2, 0.25) is 0 Å². The van der Waals surface area contributed by atoms with E-state index in [-0.39, 0.29) is 0 Å². The molecule has 4 heteroatoms. The Bertz CT molecular complexity index is 626. The van der Waals surface area contributed by atoms with E-state index in [0.29, 0.717) is 17.9 Å². The van der Waals surface area contributed by atoms with Crippen molar-refractivity contribution in [2.24, 2.45) is 11.8 Å². The highest BCUT2D eigenvalue weighted by Gasteiger charge is 2.30. The summed E-state index contributed by atoms with van der Waals surface area (Å²) in [7, 11) is 0. The van der Waals surface area contributed by atoms with E-state index in [1.165, 1.54) is 25.7 Å². The Labute approximate surface area is 119 Å². The molecule has 1 aliphatic carbocycles. The lowest BCUT2D eigenvalue weighted by Gasteiger charge is -2.35. The molecule has 3 rings (SSSR count). The van der Waals surface area contributed by atoms with E-state index >= 15 is 0 Å². The first-order chi connectivity index (χ1) is 9.18. The third kappa shape index (κ3) is 2.22. The maximum Gasteiger partial charge on any atom is 0.179 e. The van der Waals surface area contributed by atoms with E-state index in [0.717, 1.165) is 15.9 Å². The lowest BCUT2D eigenvalue weighted by molar-refractivity contribution is 0.186. The molecule has 0 aromatic carbocycles. The van der Waals surface area contributed by atoms with E-state index in [1.54, 1.807) is 0 Å². The molecule has 19 heavy (non-hydrogen) atoms. The van der Waals surface area contributed by atoms with Gasteiger partial charge in [0.2, 0.25) is 0 Å². The van der Waals surface area contributed by atoms with Crippen LogP contribution in [-0.4, -0.2) is 14.5 Å². The molecule has 102 valence electrons. The zero-order valence-electron chi connectivity index (χ0n) is 11.6. The number of hydrogen-bond donors (Lipinski definition) is 1. The van der Waals surface area contributed by atoms with Gasteiger partial charge in [-0.3, -0.25) is 4.57 Å². The largest absolute Gasteiger partial charge is 0.329 e. The SMILES string of the molecule is CC(C)C1CCCCC1n1c(=S)[nH]c2cccnc21. The molecule has 0 aliphatic heterocycles. The molecule has 0 bridgehead atoms. The highest BCUT2D eigenvalue weighted by Crippen LogP contribution is 2.39. The number of hydrogen-bond acceptors (Lipinski definition) is 2. The summed E-state index contributed by atoms with van der Waals surface area (Å²) in [4.78, 5) is 7.84. The Balaban J connectivity index is 2.12. The standard InChI is InChI=1S/C15H21N3S/c1-10(2)11-6-3-4-8-13(11)18-14-12(17-15(18)19)7-5-9-16-14/h5,7,9-11,13H,3-4,6,8H2,1-2H3,(H,17,19). The Morgan fingerprint density at radius 3 is 2.95 bits per heavy atom. The third-order valence-electron chi connectivity index (χ3n) is 4.44. The molecular formula is C15H21N3S. The van der Waals surface area contributed by atoms with Crippen LogP contribution in [0.4, 0.5) is 0 Å². The van der Waals surface area contributed by atoms with E-state index in [4.69, 9.17) is 12.2 Å². The number of aromatic amines is 1. The summed E-state index contributed by atoms with van der Waals surface area (Å²) in [6, 6.07) is 4.52. The molecule has 2 aromatic rings. The minimum Gasteiger partial charge on any atom is -0.329 e. The highest BCUT2D eigenvalue weighted by molar-refractivity contribution is 7.71. The Hall–Kier alpha value is -1.16. The van der Waals surface area contributed by atoms with Crippen molar-refractivity contribution in [2.45, 2.75) is 45.6 Å². The smallest absolute Gasteiger partial charge is 0.179 e. The van der Waals surface area contributed by atoms with Crippen LogP contribution in [0.1, 0.15) is 45.6 Å². The Morgan fingerprint density at radius 1 is 1.37 bits per heavy atom. The molecule has 2 heterocycles. The van der Waals surface area contributed by atoms with Crippen molar-refractivity contribution in [2.75, 3.05) is 0 Å². The van der Waals surface area contributed by atoms with Crippen molar-refractivity contribution >= 4 is 23.4 Å². The van der Waals surface area contributed by atoms with Crippen LogP contribution < -0.4 is 0 Å². The molecular weight excluding hydrogens is 254 g/mol. The number of pyridine rings is 1. The van der Waals surface area contributed by atoms with Gasteiger partial charge < -0.3 is 4.98 Å². The van der Waals surface area contributed by atoms with Crippen LogP contribution in [-0.2, 0) is 0 Å². The van der Waals surface area contributed by atoms with Gasteiger partial charge in [0, 0.05) is 12.2 Å². The molecule has 1 aliphatic rings. The normalized spacial score (nSPS) is 24.2. The van der Waals surface area contributed by atoms with E-state index in [2.05, 4.69) is 34.4 Å². The molecule has 1 saturated carbocycles. The van der Waals surface area contributed by atoms with Crippen molar-refractivity contribution < 1.29 is 0 Å². The second-order valence-electron chi connectivity index (χ2n) is 5.93. The fourth-order valence-corrected chi connectivity index (χ4v) is 3.84. The minimum atomic E-state index is 0.505. The van der Waals surface area contributed by atoms with Gasteiger partial charge in [-0.1, -0.05) is 26.7 Å². The molecule has 3 nitrogen and oxygen atoms in total. The lowest BCUT2D eigenvalue weighted by Crippen LogP contribution is -2.27. The first kappa shape index (κ1) is 12.9. The summed E-state index contributed by atoms with van der Waals surface area (Å²) in [6.45, 7) is 4.66. The fourth-order valence-electron chi connectivity index (χ4n) is 3.50. The van der Waals surface area contributed by atoms with Crippen molar-refractivity contribution in [1.82, 2.24) is 14.5 Å². The molecule has 1 N–H and O–H groups in total. The summed E-state index contributed by atoms with van der Waals surface area (Å²) in [5, 5.41) is 0. The summed E-state index contributed by atoms with van der Waals surface area (Å²) in [6.07, 6.45) is 7.04. The number of rotatable bonds is 2. The molecule has 0 amide bonds. The van der Waals surface area contributed by atoms with Crippen LogP contribution in [0.15, 0.2) is 18.3 Å². The number of nitrogens with one attached hydrogen (secondary N) is 1. The quantitative estimate of drug-likeness (QED) is 0.820. The zero-order chi connectivity index (χ0) is 13.4. The molecule has 2 aromatic heterocycles. The Morgan fingerprint density at radius 2 is 2.16 bits per heavy atom. The van der Waals surface area contributed by atoms with Gasteiger partial charge >= 0.3 is 0 Å². The predicted molar refractivity (Wildman–Crippen MR) is 80.8 cm³/mol. The van der Waals surface area contributed by atoms with Gasteiger partial charge in [0.25, 0.3) is 0 Å². The molecule has 0 radical (unpaired) electrons. The van der Waals surface area contributed by atoms with Crippen LogP contribution in [0.5, 0.6) is 0 Å². The first-order valence-electron chi connectivity index (χ1n) is 7.23. The average molecular weight is 275 g/mol. The van der Waals surface area contributed by atoms with Gasteiger partial charge in [0.15, 0.2) is 10.4 Å². The average Bonchev–Trinajstić information content (AvgIpc) is 2.74. The van der Waals surface area contributed by atoms with Crippen LogP contribution >= 0.6 is 12.2 Å². The maximum atomic E-state index is 5.54. The summed E-state index contributed by atoms with van der Waals surface area (Å²) < 4.78 is 3.10. The third-order valence-corrected chi connectivity index (χ3v) is 4.74. The highest BCUT2D eigenvalue weighted by atomic mass is 32.1. The number of aromatic nitrogens is 3. The predicted octanol–water partition coefficient (Wildman–Crippen LogP) is 4.48. The van der Waals surface area contributed by atoms with Gasteiger partial charge in [0.1, 0.15) is 0 Å². The number of nitrogens with zero attached hydrogens (tertiary/aromatic N) is 2. The second kappa shape index (κ2) is 5.08. The van der Waals surface area contributed by atoms with Gasteiger partial charge in [-0.15, -0.1) is 0 Å². The number of imidazole rings is 1. The van der Waals surface area contributed by atoms with Crippen LogP contribution in [0.3, 0.4) is 0 Å². The maximum absolute atomic E-state index is 5.54. The van der Waals surface area contributed by atoms with Gasteiger partial charge in [0.05, 0.1) is 5.52 Å². The van der Waals surface area contributed by atoms with Crippen molar-refractivity contribution in [3.8, 4) is 0 Å². The van der Waals surface area contributed by atoms with Crippen LogP contribution in [0.25, 0.3) is 11.2 Å². The van der Waals surface area contributed by atoms with Crippen molar-refractivity contribution in [1.29, 1.82) is 0 Å². The monoisotopic (exact) mass is 275 g/mol. The van der Waals surface area contributed by atoms with Crippen LogP contribution in [0, 0.1) is 16.6 Å². The first-order valence-corrected chi connectivity index (χ1v) is 7.64. The van der Waals surface area contributed by atoms with Gasteiger partial charge in [-0.05, 0) is 49.0 Å². The van der Waals surface area contributed by atoms with Crippen molar-refractivity contribution in [3.05, 3.63) is 23.1 Å². The van der Waals surface area contributed by atoms with Gasteiger partial charge in [-0.2, -0.15) is 0 Å². The summed E-state index contributed by atoms with van der Waals surface area (Å²) in [5.74, 6) is 1.40. The molecule has 0 saturated heterocycles. The van der Waals surface area contributed by atoms with E-state index in [9.17, 15) is 0 Å². The van der Waals surface area contributed by atoms with E-state index in [1.807, 2.05) is 12.3 Å². The zero-order valence-corrected chi connectivity index (χ0v) is 12.4. The molecule has 2 unspecified atom stereocenters. The summed E-state index contributed by atoms with van der Waals surface area (Å²) >= 11 is 5.54. The topological polar surface area (TPSA) is 33.6 Å². The number of H-pyrrole nitrogens is 1. The fraction of sp³-hybridized carbons (Fsp3) is 0.600. The summed E-state index contributed by atoms with van der Waals surface area (Å²) in [5.41, 5.74) is 2.07.